The summed E-state index contributed by atoms with van der Waals surface area (Å²) in [6, 6.07) is 25.8. The monoisotopic (exact) mass is 342 g/mol. The number of rotatable bonds is 3. The summed E-state index contributed by atoms with van der Waals surface area (Å²) in [7, 11) is 0. The van der Waals surface area contributed by atoms with Gasteiger partial charge in [-0.2, -0.15) is 0 Å². The molecule has 3 aromatic carbocycles. The summed E-state index contributed by atoms with van der Waals surface area (Å²) in [5, 5.41) is 2.48. The van der Waals surface area contributed by atoms with Crippen LogP contribution in [0, 0.1) is 5.92 Å². The number of piperidine rings is 3. The highest BCUT2D eigenvalue weighted by molar-refractivity contribution is 5.90. The van der Waals surface area contributed by atoms with E-state index in [-0.39, 0.29) is 12.0 Å². The third kappa shape index (κ3) is 2.48. The van der Waals surface area contributed by atoms with Gasteiger partial charge in [-0.15, -0.1) is 0 Å². The Kier molecular flexibility index (Phi) is 3.68. The van der Waals surface area contributed by atoms with E-state index in [2.05, 4.69) is 72.8 Å². The Balaban J connectivity index is 1.60. The van der Waals surface area contributed by atoms with E-state index in [1.165, 1.54) is 21.9 Å². The fourth-order valence-corrected chi connectivity index (χ4v) is 5.17. The lowest BCUT2D eigenvalue weighted by molar-refractivity contribution is -0.970. The van der Waals surface area contributed by atoms with Gasteiger partial charge in [-0.1, -0.05) is 66.7 Å². The van der Waals surface area contributed by atoms with E-state index < -0.39 is 0 Å². The maximum atomic E-state index is 13.3. The zero-order chi connectivity index (χ0) is 17.6. The van der Waals surface area contributed by atoms with Crippen LogP contribution in [0.5, 0.6) is 0 Å². The van der Waals surface area contributed by atoms with E-state index in [9.17, 15) is 4.79 Å². The molecule has 2 heteroatoms. The molecular weight excluding hydrogens is 318 g/mol. The lowest BCUT2D eigenvalue weighted by atomic mass is 9.76. The number of hydrogen-bond donors (Lipinski definition) is 0. The Labute approximate surface area is 154 Å². The first-order chi connectivity index (χ1) is 12.8. The molecule has 3 aliphatic rings. The minimum Gasteiger partial charge on any atom is -0.307 e. The number of quaternary nitrogens is 1. The standard InChI is InChI=1S/C24H24NO/c26-24-20-12-14-25(15-13-20,17-18-6-2-1-3-7-18)23(24)22-11-10-19-8-4-5-9-21(19)16-22/h1-11,16,20,23H,12-15,17H2/q+1. The van der Waals surface area contributed by atoms with Gasteiger partial charge in [-0.3, -0.25) is 4.79 Å². The van der Waals surface area contributed by atoms with Gasteiger partial charge in [-0.05, 0) is 16.8 Å². The van der Waals surface area contributed by atoms with Crippen molar-refractivity contribution < 1.29 is 9.28 Å². The summed E-state index contributed by atoms with van der Waals surface area (Å²) in [5.74, 6) is 0.732. The van der Waals surface area contributed by atoms with Crippen molar-refractivity contribution in [1.82, 2.24) is 0 Å². The Morgan fingerprint density at radius 3 is 2.27 bits per heavy atom. The molecule has 0 saturated carbocycles. The fourth-order valence-electron chi connectivity index (χ4n) is 5.17. The van der Waals surface area contributed by atoms with Crippen molar-refractivity contribution in [1.29, 1.82) is 0 Å². The molecule has 0 aliphatic carbocycles. The van der Waals surface area contributed by atoms with Gasteiger partial charge >= 0.3 is 0 Å². The van der Waals surface area contributed by atoms with Crippen LogP contribution in [0.25, 0.3) is 10.8 Å². The van der Waals surface area contributed by atoms with E-state index in [1.807, 2.05) is 0 Å². The van der Waals surface area contributed by atoms with Crippen molar-refractivity contribution >= 4 is 16.6 Å². The van der Waals surface area contributed by atoms with E-state index in [0.717, 1.165) is 37.0 Å². The van der Waals surface area contributed by atoms with Gasteiger partial charge in [0.2, 0.25) is 0 Å². The van der Waals surface area contributed by atoms with Crippen LogP contribution in [0.2, 0.25) is 0 Å². The number of Topliss-reactive ketones (excluding diaryl/α,β-unsaturated/α-hetero) is 1. The molecule has 0 amide bonds. The zero-order valence-corrected chi connectivity index (χ0v) is 15.0. The first-order valence-electron chi connectivity index (χ1n) is 9.67. The van der Waals surface area contributed by atoms with Gasteiger partial charge in [0.25, 0.3) is 0 Å². The third-order valence-corrected chi connectivity index (χ3v) is 6.49. The summed E-state index contributed by atoms with van der Waals surface area (Å²) in [6.45, 7) is 3.18. The normalized spacial score (nSPS) is 27.8. The largest absolute Gasteiger partial charge is 0.307 e. The second-order valence-corrected chi connectivity index (χ2v) is 8.00. The van der Waals surface area contributed by atoms with Crippen LogP contribution in [0.4, 0.5) is 0 Å². The van der Waals surface area contributed by atoms with Crippen LogP contribution in [-0.4, -0.2) is 23.4 Å². The van der Waals surface area contributed by atoms with Crippen LogP contribution < -0.4 is 0 Å². The minimum atomic E-state index is -0.00712. The summed E-state index contributed by atoms with van der Waals surface area (Å²) >= 11 is 0. The maximum Gasteiger partial charge on any atom is 0.198 e. The molecule has 130 valence electrons. The van der Waals surface area contributed by atoms with Crippen molar-refractivity contribution in [2.24, 2.45) is 5.92 Å². The predicted octanol–water partition coefficient (Wildman–Crippen LogP) is 4.89. The molecule has 0 aromatic heterocycles. The predicted molar refractivity (Wildman–Crippen MR) is 105 cm³/mol. The van der Waals surface area contributed by atoms with Gasteiger partial charge < -0.3 is 4.48 Å². The molecule has 6 rings (SSSR count). The molecule has 3 heterocycles. The summed E-state index contributed by atoms with van der Waals surface area (Å²) in [6.07, 6.45) is 2.10. The molecule has 1 unspecified atom stereocenters. The highest BCUT2D eigenvalue weighted by Gasteiger charge is 2.53. The van der Waals surface area contributed by atoms with E-state index in [1.54, 1.807) is 0 Å². The number of fused-ring (bicyclic) bond motifs is 4. The third-order valence-electron chi connectivity index (χ3n) is 6.49. The van der Waals surface area contributed by atoms with Crippen molar-refractivity contribution in [3.05, 3.63) is 83.9 Å². The van der Waals surface area contributed by atoms with E-state index >= 15 is 0 Å². The average Bonchev–Trinajstić information content (AvgIpc) is 2.69. The SMILES string of the molecule is O=C1C2CC[N+](Cc3ccccc3)(CC2)C1c1ccc2ccccc2c1. The fraction of sp³-hybridized carbons (Fsp3) is 0.292. The maximum absolute atomic E-state index is 13.3. The highest BCUT2D eigenvalue weighted by Crippen LogP contribution is 2.45. The molecule has 0 N–H and O–H groups in total. The quantitative estimate of drug-likeness (QED) is 0.619. The highest BCUT2D eigenvalue weighted by atomic mass is 16.1. The van der Waals surface area contributed by atoms with Gasteiger partial charge in [-0.25, -0.2) is 0 Å². The van der Waals surface area contributed by atoms with Crippen LogP contribution in [0.1, 0.15) is 30.0 Å². The van der Waals surface area contributed by atoms with Crippen molar-refractivity contribution in [3.8, 4) is 0 Å². The number of ketones is 1. The second-order valence-electron chi connectivity index (χ2n) is 8.00. The smallest absolute Gasteiger partial charge is 0.198 e. The topological polar surface area (TPSA) is 17.1 Å². The number of nitrogens with zero attached hydrogens (tertiary/aromatic N) is 1. The van der Waals surface area contributed by atoms with Crippen molar-refractivity contribution in [2.75, 3.05) is 13.1 Å². The lowest BCUT2D eigenvalue weighted by Crippen LogP contribution is -2.63. The second kappa shape index (κ2) is 6.07. The summed E-state index contributed by atoms with van der Waals surface area (Å²) in [5.41, 5.74) is 2.54. The van der Waals surface area contributed by atoms with Crippen molar-refractivity contribution in [2.45, 2.75) is 25.4 Å². The Morgan fingerprint density at radius 2 is 1.50 bits per heavy atom. The van der Waals surface area contributed by atoms with Gasteiger partial charge in [0.15, 0.2) is 11.8 Å². The van der Waals surface area contributed by atoms with Crippen LogP contribution in [0.3, 0.4) is 0 Å². The number of benzene rings is 3. The molecule has 3 saturated heterocycles. The molecule has 2 nitrogen and oxygen atoms in total. The molecule has 2 bridgehead atoms. The van der Waals surface area contributed by atoms with Crippen LogP contribution in [0.15, 0.2) is 72.8 Å². The molecule has 0 radical (unpaired) electrons. The van der Waals surface area contributed by atoms with Gasteiger partial charge in [0, 0.05) is 29.9 Å². The molecule has 3 fully saturated rings. The summed E-state index contributed by atoms with van der Waals surface area (Å²) in [4.78, 5) is 13.3. The summed E-state index contributed by atoms with van der Waals surface area (Å²) < 4.78 is 0.900. The van der Waals surface area contributed by atoms with Gasteiger partial charge in [0.05, 0.1) is 13.1 Å². The van der Waals surface area contributed by atoms with Crippen LogP contribution >= 0.6 is 0 Å². The average molecular weight is 342 g/mol. The molecule has 3 aromatic rings. The Morgan fingerprint density at radius 1 is 0.808 bits per heavy atom. The number of hydrogen-bond acceptors (Lipinski definition) is 1. The first-order valence-corrected chi connectivity index (χ1v) is 9.67. The Hall–Kier alpha value is -2.45. The molecule has 0 spiro atoms. The number of carbonyl (C=O) groups excluding carboxylic acids is 1. The molecule has 1 atom stereocenters. The Bertz CT molecular complexity index is 954. The van der Waals surface area contributed by atoms with Crippen LogP contribution in [-0.2, 0) is 11.3 Å². The first kappa shape index (κ1) is 15.8. The molecule has 3 aliphatic heterocycles. The minimum absolute atomic E-state index is 0.00712. The lowest BCUT2D eigenvalue weighted by Gasteiger charge is -2.53. The van der Waals surface area contributed by atoms with Crippen molar-refractivity contribution in [3.63, 3.8) is 0 Å². The van der Waals surface area contributed by atoms with E-state index in [0.29, 0.717) is 5.78 Å². The molecular formula is C24H24NO+. The number of carbonyl (C=O) groups is 1. The van der Waals surface area contributed by atoms with E-state index in [4.69, 9.17) is 0 Å². The molecule has 26 heavy (non-hydrogen) atoms. The zero-order valence-electron chi connectivity index (χ0n) is 15.0. The van der Waals surface area contributed by atoms with Gasteiger partial charge in [0.1, 0.15) is 6.54 Å².